The van der Waals surface area contributed by atoms with Crippen LogP contribution in [0.1, 0.15) is 61.3 Å². The topological polar surface area (TPSA) is 103 Å². The van der Waals surface area contributed by atoms with Gasteiger partial charge >= 0.3 is 0 Å². The van der Waals surface area contributed by atoms with Crippen molar-refractivity contribution in [3.8, 4) is 0 Å². The molecule has 1 fully saturated rings. The van der Waals surface area contributed by atoms with Crippen molar-refractivity contribution in [3.63, 3.8) is 0 Å². The molecule has 3 heterocycles. The highest BCUT2D eigenvalue weighted by Crippen LogP contribution is 2.47. The van der Waals surface area contributed by atoms with Gasteiger partial charge in [0.1, 0.15) is 24.0 Å². The summed E-state index contributed by atoms with van der Waals surface area (Å²) >= 11 is 0. The Kier molecular flexibility index (Phi) is 7.72. The summed E-state index contributed by atoms with van der Waals surface area (Å²) in [5.74, 6) is -1.65. The van der Waals surface area contributed by atoms with Crippen molar-refractivity contribution in [2.75, 3.05) is 30.3 Å². The zero-order valence-electron chi connectivity index (χ0n) is 24.1. The van der Waals surface area contributed by atoms with Crippen molar-refractivity contribution in [2.45, 2.75) is 62.8 Å². The minimum atomic E-state index is -1.18. The van der Waals surface area contributed by atoms with E-state index in [0.29, 0.717) is 37.3 Å². The Balaban J connectivity index is 1.25. The fourth-order valence-electron chi connectivity index (χ4n) is 6.79. The third kappa shape index (κ3) is 5.51. The summed E-state index contributed by atoms with van der Waals surface area (Å²) in [6, 6.07) is 12.6. The van der Waals surface area contributed by atoms with Crippen LogP contribution in [-0.4, -0.2) is 47.2 Å². The molecule has 8 nitrogen and oxygen atoms in total. The van der Waals surface area contributed by atoms with Crippen LogP contribution < -0.4 is 16.0 Å². The molecule has 3 N–H and O–H groups in total. The molecule has 2 aliphatic heterocycles. The second kappa shape index (κ2) is 11.5. The largest absolute Gasteiger partial charge is 0.325 e. The second-order valence-corrected chi connectivity index (χ2v) is 12.1. The molecule has 1 spiro atoms. The summed E-state index contributed by atoms with van der Waals surface area (Å²) < 4.78 is 28.7. The average Bonchev–Trinajstić information content (AvgIpc) is 3.48. The van der Waals surface area contributed by atoms with Gasteiger partial charge in [0.05, 0.1) is 11.0 Å². The molecule has 1 aliphatic carbocycles. The molecule has 3 amide bonds. The summed E-state index contributed by atoms with van der Waals surface area (Å²) in [5.41, 5.74) is 1.79. The van der Waals surface area contributed by atoms with Gasteiger partial charge in [0, 0.05) is 36.5 Å². The lowest BCUT2D eigenvalue weighted by Gasteiger charge is -2.42. The number of pyridine rings is 1. The van der Waals surface area contributed by atoms with E-state index in [2.05, 4.69) is 20.9 Å². The number of rotatable bonds is 4. The van der Waals surface area contributed by atoms with E-state index in [1.807, 2.05) is 24.3 Å². The SMILES string of the molecule is C[C@@]1(c2cc(F)cc(F)c2)CNCCCCCCC(=O)N1CC(=O)Nc1ccc2c(c1)C[C@@]1(C2)C(=O)Nc2ncccc21. The fraction of sp³-hybridized carbons (Fsp3) is 0.394. The van der Waals surface area contributed by atoms with E-state index >= 15 is 0 Å². The van der Waals surface area contributed by atoms with Crippen LogP contribution in [0.2, 0.25) is 0 Å². The van der Waals surface area contributed by atoms with Gasteiger partial charge in [-0.05, 0) is 86.2 Å². The fourth-order valence-corrected chi connectivity index (χ4v) is 6.79. The smallest absolute Gasteiger partial charge is 0.244 e. The van der Waals surface area contributed by atoms with Crippen molar-refractivity contribution in [3.05, 3.63) is 88.6 Å². The average molecular weight is 588 g/mol. The number of hydrogen-bond acceptors (Lipinski definition) is 5. The van der Waals surface area contributed by atoms with E-state index in [0.717, 1.165) is 42.0 Å². The van der Waals surface area contributed by atoms with E-state index in [-0.39, 0.29) is 36.9 Å². The number of benzene rings is 2. The first-order valence-electron chi connectivity index (χ1n) is 14.8. The molecule has 3 aromatic rings. The second-order valence-electron chi connectivity index (χ2n) is 12.1. The van der Waals surface area contributed by atoms with Crippen LogP contribution in [-0.2, 0) is 38.2 Å². The quantitative estimate of drug-likeness (QED) is 0.415. The Labute approximate surface area is 249 Å². The first-order valence-corrected chi connectivity index (χ1v) is 14.8. The zero-order chi connectivity index (χ0) is 30.2. The first kappa shape index (κ1) is 28.9. The lowest BCUT2D eigenvalue weighted by atomic mass is 9.79. The Hall–Kier alpha value is -4.18. The summed E-state index contributed by atoms with van der Waals surface area (Å²) in [7, 11) is 0. The Morgan fingerprint density at radius 2 is 1.77 bits per heavy atom. The molecule has 1 saturated heterocycles. The van der Waals surface area contributed by atoms with Gasteiger partial charge in [-0.1, -0.05) is 25.0 Å². The van der Waals surface area contributed by atoms with E-state index in [1.54, 1.807) is 19.2 Å². The van der Waals surface area contributed by atoms with Gasteiger partial charge in [-0.2, -0.15) is 0 Å². The standard InChI is InChI=1S/C33H35F2N5O3/c1-32(23-14-24(34)16-25(35)15-23)20-36-11-5-3-2-4-8-29(42)40(32)19-28(41)38-26-10-9-21-17-33(18-22(21)13-26)27-7-6-12-37-30(27)39-31(33)43/h6-7,9-10,12-16,36H,2-5,8,11,17-20H2,1H3,(H,38,41)(H,37,39,43)/t32-,33+/m0/s1. The highest BCUT2D eigenvalue weighted by atomic mass is 19.1. The van der Waals surface area contributed by atoms with E-state index in [1.165, 1.54) is 17.0 Å². The molecule has 0 radical (unpaired) electrons. The molecule has 2 aromatic carbocycles. The Morgan fingerprint density at radius 1 is 1.00 bits per heavy atom. The zero-order valence-corrected chi connectivity index (χ0v) is 24.1. The number of aromatic nitrogens is 1. The van der Waals surface area contributed by atoms with Crippen LogP contribution in [0.4, 0.5) is 20.3 Å². The number of halogens is 2. The molecule has 0 unspecified atom stereocenters. The van der Waals surface area contributed by atoms with Gasteiger partial charge in [0.25, 0.3) is 0 Å². The highest BCUT2D eigenvalue weighted by molar-refractivity contribution is 6.06. The van der Waals surface area contributed by atoms with Crippen molar-refractivity contribution in [1.29, 1.82) is 0 Å². The molecular formula is C33H35F2N5O3. The summed E-state index contributed by atoms with van der Waals surface area (Å²) in [6.45, 7) is 2.37. The molecule has 0 saturated carbocycles. The minimum Gasteiger partial charge on any atom is -0.325 e. The van der Waals surface area contributed by atoms with Gasteiger partial charge in [-0.25, -0.2) is 13.8 Å². The van der Waals surface area contributed by atoms with Crippen LogP contribution in [0.15, 0.2) is 54.7 Å². The molecule has 43 heavy (non-hydrogen) atoms. The minimum absolute atomic E-state index is 0.0808. The normalized spacial score (nSPS) is 23.8. The predicted molar refractivity (Wildman–Crippen MR) is 158 cm³/mol. The first-order chi connectivity index (χ1) is 20.7. The van der Waals surface area contributed by atoms with Crippen LogP contribution >= 0.6 is 0 Å². The molecule has 10 heteroatoms. The van der Waals surface area contributed by atoms with Gasteiger partial charge in [0.15, 0.2) is 0 Å². The number of amides is 3. The number of nitrogens with zero attached hydrogens (tertiary/aromatic N) is 2. The van der Waals surface area contributed by atoms with Gasteiger partial charge < -0.3 is 20.9 Å². The number of carbonyl (C=O) groups excluding carboxylic acids is 3. The van der Waals surface area contributed by atoms with E-state index in [4.69, 9.17) is 0 Å². The van der Waals surface area contributed by atoms with Crippen molar-refractivity contribution < 1.29 is 23.2 Å². The summed E-state index contributed by atoms with van der Waals surface area (Å²) in [5, 5.41) is 9.16. The molecule has 0 bridgehead atoms. The van der Waals surface area contributed by atoms with Crippen molar-refractivity contribution in [1.82, 2.24) is 15.2 Å². The third-order valence-corrected chi connectivity index (χ3v) is 9.11. The van der Waals surface area contributed by atoms with E-state index in [9.17, 15) is 23.2 Å². The highest BCUT2D eigenvalue weighted by Gasteiger charge is 2.51. The molecule has 2 atom stereocenters. The lowest BCUT2D eigenvalue weighted by Crippen LogP contribution is -2.55. The van der Waals surface area contributed by atoms with Crippen molar-refractivity contribution in [2.24, 2.45) is 0 Å². The Bertz CT molecular complexity index is 1580. The monoisotopic (exact) mass is 587 g/mol. The molecule has 1 aromatic heterocycles. The maximum Gasteiger partial charge on any atom is 0.244 e. The number of nitrogens with one attached hydrogen (secondary N) is 3. The number of carbonyl (C=O) groups is 3. The number of fused-ring (bicyclic) bond motifs is 3. The van der Waals surface area contributed by atoms with E-state index < -0.39 is 28.5 Å². The molecule has 6 rings (SSSR count). The van der Waals surface area contributed by atoms with Crippen LogP contribution in [0, 0.1) is 11.6 Å². The number of hydrogen-bond donors (Lipinski definition) is 3. The van der Waals surface area contributed by atoms with Gasteiger partial charge in [-0.15, -0.1) is 0 Å². The molecular weight excluding hydrogens is 552 g/mol. The maximum atomic E-state index is 14.4. The van der Waals surface area contributed by atoms with Crippen LogP contribution in [0.25, 0.3) is 0 Å². The Morgan fingerprint density at radius 3 is 2.58 bits per heavy atom. The predicted octanol–water partition coefficient (Wildman–Crippen LogP) is 4.58. The maximum absolute atomic E-state index is 14.4. The van der Waals surface area contributed by atoms with Crippen LogP contribution in [0.3, 0.4) is 0 Å². The number of anilines is 2. The van der Waals surface area contributed by atoms with Gasteiger partial charge in [0.2, 0.25) is 17.7 Å². The third-order valence-electron chi connectivity index (χ3n) is 9.11. The lowest BCUT2D eigenvalue weighted by molar-refractivity contribution is -0.141. The van der Waals surface area contributed by atoms with Crippen LogP contribution in [0.5, 0.6) is 0 Å². The summed E-state index contributed by atoms with van der Waals surface area (Å²) in [6.07, 6.45) is 6.36. The molecule has 3 aliphatic rings. The van der Waals surface area contributed by atoms with Crippen molar-refractivity contribution >= 4 is 29.2 Å². The molecule has 224 valence electrons. The van der Waals surface area contributed by atoms with Gasteiger partial charge in [-0.3, -0.25) is 14.4 Å². The summed E-state index contributed by atoms with van der Waals surface area (Å²) in [4.78, 5) is 46.0.